The van der Waals surface area contributed by atoms with Crippen LogP contribution in [0.1, 0.15) is 22.8 Å². The molecule has 0 spiro atoms. The maximum atomic E-state index is 12.6. The lowest BCUT2D eigenvalue weighted by Crippen LogP contribution is -2.35. The van der Waals surface area contributed by atoms with Crippen molar-refractivity contribution in [3.63, 3.8) is 0 Å². The Morgan fingerprint density at radius 1 is 1.15 bits per heavy atom. The van der Waals surface area contributed by atoms with E-state index in [0.29, 0.717) is 35.2 Å². The molecule has 144 valence electrons. The second-order valence-corrected chi connectivity index (χ2v) is 6.32. The molecule has 0 heterocycles. The van der Waals surface area contributed by atoms with Gasteiger partial charge in [-0.05, 0) is 49.4 Å². The lowest BCUT2D eigenvalue weighted by Gasteiger charge is -2.18. The minimum Gasteiger partial charge on any atom is -0.496 e. The average molecular weight is 391 g/mol. The zero-order chi connectivity index (χ0) is 19.8. The number of likely N-dealkylation sites (N-methyl/N-ethyl adjacent to an activating group) is 1. The summed E-state index contributed by atoms with van der Waals surface area (Å²) < 4.78 is 10.7. The standard InChI is InChI=1S/C20H23ClN2O4/c1-4-27-13-15-11-14(5-10-18(15)26-3)20(25)23(2)12-19(24)22-17-8-6-16(21)7-9-17/h5-11H,4,12-13H2,1-3H3,(H,22,24). The summed E-state index contributed by atoms with van der Waals surface area (Å²) in [4.78, 5) is 26.2. The number of nitrogens with zero attached hydrogens (tertiary/aromatic N) is 1. The smallest absolute Gasteiger partial charge is 0.254 e. The maximum absolute atomic E-state index is 12.6. The fraction of sp³-hybridized carbons (Fsp3) is 0.300. The first-order valence-corrected chi connectivity index (χ1v) is 8.88. The number of benzene rings is 2. The van der Waals surface area contributed by atoms with Crippen LogP contribution in [-0.4, -0.2) is 44.0 Å². The molecule has 0 bridgehead atoms. The highest BCUT2D eigenvalue weighted by atomic mass is 35.5. The van der Waals surface area contributed by atoms with E-state index in [4.69, 9.17) is 21.1 Å². The topological polar surface area (TPSA) is 67.9 Å². The number of methoxy groups -OCH3 is 1. The van der Waals surface area contributed by atoms with Crippen molar-refractivity contribution in [2.45, 2.75) is 13.5 Å². The van der Waals surface area contributed by atoms with Crippen molar-refractivity contribution in [2.24, 2.45) is 0 Å². The number of ether oxygens (including phenoxy) is 2. The number of hydrogen-bond acceptors (Lipinski definition) is 4. The summed E-state index contributed by atoms with van der Waals surface area (Å²) in [6.45, 7) is 2.73. The molecule has 0 saturated heterocycles. The highest BCUT2D eigenvalue weighted by Gasteiger charge is 2.17. The number of nitrogens with one attached hydrogen (secondary N) is 1. The summed E-state index contributed by atoms with van der Waals surface area (Å²) in [5.41, 5.74) is 1.87. The van der Waals surface area contributed by atoms with Gasteiger partial charge >= 0.3 is 0 Å². The van der Waals surface area contributed by atoms with Gasteiger partial charge in [-0.25, -0.2) is 0 Å². The molecule has 2 amide bonds. The molecule has 0 aromatic heterocycles. The Morgan fingerprint density at radius 2 is 1.85 bits per heavy atom. The molecule has 0 fully saturated rings. The van der Waals surface area contributed by atoms with Crippen LogP contribution in [0.3, 0.4) is 0 Å². The molecule has 0 aliphatic rings. The van der Waals surface area contributed by atoms with Gasteiger partial charge in [0, 0.05) is 35.5 Å². The van der Waals surface area contributed by atoms with Crippen molar-refractivity contribution < 1.29 is 19.1 Å². The highest BCUT2D eigenvalue weighted by molar-refractivity contribution is 6.30. The van der Waals surface area contributed by atoms with Crippen LogP contribution >= 0.6 is 11.6 Å². The molecular weight excluding hydrogens is 368 g/mol. The highest BCUT2D eigenvalue weighted by Crippen LogP contribution is 2.21. The van der Waals surface area contributed by atoms with E-state index < -0.39 is 0 Å². The normalized spacial score (nSPS) is 10.4. The van der Waals surface area contributed by atoms with Crippen molar-refractivity contribution >= 4 is 29.1 Å². The Bertz CT molecular complexity index is 793. The van der Waals surface area contributed by atoms with Crippen LogP contribution in [0.5, 0.6) is 5.75 Å². The van der Waals surface area contributed by atoms with Gasteiger partial charge < -0.3 is 19.7 Å². The van der Waals surface area contributed by atoms with E-state index in [1.807, 2.05) is 6.92 Å². The number of anilines is 1. The van der Waals surface area contributed by atoms with E-state index in [9.17, 15) is 9.59 Å². The molecule has 1 N–H and O–H groups in total. The van der Waals surface area contributed by atoms with Crippen molar-refractivity contribution in [1.82, 2.24) is 4.90 Å². The minimum atomic E-state index is -0.295. The zero-order valence-corrected chi connectivity index (χ0v) is 16.4. The molecule has 0 unspecified atom stereocenters. The molecule has 2 aromatic carbocycles. The van der Waals surface area contributed by atoms with E-state index >= 15 is 0 Å². The fourth-order valence-corrected chi connectivity index (χ4v) is 2.60. The first kappa shape index (κ1) is 20.7. The second-order valence-electron chi connectivity index (χ2n) is 5.88. The molecule has 0 saturated carbocycles. The predicted octanol–water partition coefficient (Wildman–Crippen LogP) is 3.60. The fourth-order valence-electron chi connectivity index (χ4n) is 2.48. The molecule has 27 heavy (non-hydrogen) atoms. The number of hydrogen-bond donors (Lipinski definition) is 1. The summed E-state index contributed by atoms with van der Waals surface area (Å²) in [7, 11) is 3.15. The second kappa shape index (κ2) is 9.94. The van der Waals surface area contributed by atoms with E-state index in [-0.39, 0.29) is 18.4 Å². The summed E-state index contributed by atoms with van der Waals surface area (Å²) in [6.07, 6.45) is 0. The number of amides is 2. The lowest BCUT2D eigenvalue weighted by atomic mass is 10.1. The van der Waals surface area contributed by atoms with Crippen LogP contribution < -0.4 is 10.1 Å². The molecule has 0 aliphatic carbocycles. The Morgan fingerprint density at radius 3 is 2.48 bits per heavy atom. The third-order valence-electron chi connectivity index (χ3n) is 3.84. The molecule has 0 aliphatic heterocycles. The van der Waals surface area contributed by atoms with E-state index in [1.54, 1.807) is 56.6 Å². The Balaban J connectivity index is 2.03. The molecule has 6 nitrogen and oxygen atoms in total. The van der Waals surface area contributed by atoms with Crippen LogP contribution in [0.4, 0.5) is 5.69 Å². The SMILES string of the molecule is CCOCc1cc(C(=O)N(C)CC(=O)Nc2ccc(Cl)cc2)ccc1OC. The van der Waals surface area contributed by atoms with Gasteiger partial charge in [0.2, 0.25) is 5.91 Å². The summed E-state index contributed by atoms with van der Waals surface area (Å²) >= 11 is 5.82. The number of halogens is 1. The Hall–Kier alpha value is -2.57. The zero-order valence-electron chi connectivity index (χ0n) is 15.6. The van der Waals surface area contributed by atoms with Gasteiger partial charge in [0.05, 0.1) is 20.3 Å². The van der Waals surface area contributed by atoms with Crippen LogP contribution in [0.15, 0.2) is 42.5 Å². The number of rotatable bonds is 8. The lowest BCUT2D eigenvalue weighted by molar-refractivity contribution is -0.116. The average Bonchev–Trinajstić information content (AvgIpc) is 2.67. The van der Waals surface area contributed by atoms with E-state index in [0.717, 1.165) is 5.56 Å². The quantitative estimate of drug-likeness (QED) is 0.747. The van der Waals surface area contributed by atoms with Crippen LogP contribution in [0.2, 0.25) is 5.02 Å². The third-order valence-corrected chi connectivity index (χ3v) is 4.10. The number of carbonyl (C=O) groups is 2. The largest absolute Gasteiger partial charge is 0.496 e. The first-order chi connectivity index (χ1) is 12.9. The van der Waals surface area contributed by atoms with Crippen LogP contribution in [0.25, 0.3) is 0 Å². The minimum absolute atomic E-state index is 0.0751. The third kappa shape index (κ3) is 5.98. The number of carbonyl (C=O) groups excluding carboxylic acids is 2. The van der Waals surface area contributed by atoms with Gasteiger partial charge in [0.25, 0.3) is 5.91 Å². The van der Waals surface area contributed by atoms with Crippen molar-refractivity contribution in [3.8, 4) is 5.75 Å². The van der Waals surface area contributed by atoms with E-state index in [1.165, 1.54) is 4.90 Å². The van der Waals surface area contributed by atoms with Crippen molar-refractivity contribution in [1.29, 1.82) is 0 Å². The summed E-state index contributed by atoms with van der Waals surface area (Å²) in [6, 6.07) is 11.9. The molecular formula is C20H23ClN2O4. The van der Waals surface area contributed by atoms with Gasteiger partial charge in [-0.1, -0.05) is 11.6 Å². The van der Waals surface area contributed by atoms with Crippen LogP contribution in [-0.2, 0) is 16.1 Å². The monoisotopic (exact) mass is 390 g/mol. The first-order valence-electron chi connectivity index (χ1n) is 8.50. The Labute approximate surface area is 164 Å². The van der Waals surface area contributed by atoms with Gasteiger partial charge in [-0.15, -0.1) is 0 Å². The van der Waals surface area contributed by atoms with Crippen molar-refractivity contribution in [3.05, 3.63) is 58.6 Å². The molecule has 2 rings (SSSR count). The van der Waals surface area contributed by atoms with Crippen molar-refractivity contribution in [2.75, 3.05) is 32.6 Å². The van der Waals surface area contributed by atoms with Crippen LogP contribution in [0, 0.1) is 0 Å². The van der Waals surface area contributed by atoms with Gasteiger partial charge in [0.1, 0.15) is 5.75 Å². The van der Waals surface area contributed by atoms with Gasteiger partial charge in [-0.2, -0.15) is 0 Å². The maximum Gasteiger partial charge on any atom is 0.254 e. The molecule has 7 heteroatoms. The summed E-state index contributed by atoms with van der Waals surface area (Å²) in [5, 5.41) is 3.32. The van der Waals surface area contributed by atoms with E-state index in [2.05, 4.69) is 5.32 Å². The predicted molar refractivity (Wildman–Crippen MR) is 105 cm³/mol. The molecule has 2 aromatic rings. The Kier molecular flexibility index (Phi) is 7.64. The summed E-state index contributed by atoms with van der Waals surface area (Å²) in [5.74, 6) is 0.0982. The molecule has 0 radical (unpaired) electrons. The van der Waals surface area contributed by atoms with Gasteiger partial charge in [0.15, 0.2) is 0 Å². The van der Waals surface area contributed by atoms with Gasteiger partial charge in [-0.3, -0.25) is 9.59 Å². The molecule has 0 atom stereocenters.